The van der Waals surface area contributed by atoms with Gasteiger partial charge in [-0.25, -0.2) is 13.6 Å². The summed E-state index contributed by atoms with van der Waals surface area (Å²) in [5.74, 6) is -0.675. The molecule has 0 spiro atoms. The van der Waals surface area contributed by atoms with Crippen LogP contribution in [0.25, 0.3) is 0 Å². The van der Waals surface area contributed by atoms with E-state index >= 15 is 0 Å². The molecular formula is C27H25N7O4S3. The molecule has 3 aromatic rings. The fourth-order valence-corrected chi connectivity index (χ4v) is 7.09. The zero-order chi connectivity index (χ0) is 29.3. The van der Waals surface area contributed by atoms with Gasteiger partial charge in [-0.15, -0.1) is 10.2 Å². The van der Waals surface area contributed by atoms with Crippen molar-refractivity contribution < 1.29 is 18.0 Å². The third-order valence-electron chi connectivity index (χ3n) is 6.67. The predicted octanol–water partition coefficient (Wildman–Crippen LogP) is 3.53. The smallest absolute Gasteiger partial charge is 0.238 e. The van der Waals surface area contributed by atoms with Crippen LogP contribution in [-0.2, 0) is 19.6 Å². The number of anilines is 2. The number of primary sulfonamides is 1. The largest absolute Gasteiger partial charge is 0.384 e. The van der Waals surface area contributed by atoms with Gasteiger partial charge in [0.15, 0.2) is 10.1 Å². The van der Waals surface area contributed by atoms with Crippen molar-refractivity contribution in [3.8, 4) is 6.07 Å². The normalized spacial score (nSPS) is 17.3. The second kappa shape index (κ2) is 11.5. The number of nitrogens with one attached hydrogen (secondary N) is 1. The third kappa shape index (κ3) is 5.89. The number of hydrogen-bond donors (Lipinski definition) is 3. The fraction of sp³-hybridized carbons (Fsp3) is 0.222. The van der Waals surface area contributed by atoms with E-state index in [-0.39, 0.29) is 33.7 Å². The van der Waals surface area contributed by atoms with Crippen molar-refractivity contribution in [1.82, 2.24) is 10.2 Å². The number of aryl methyl sites for hydroxylation is 1. The Labute approximate surface area is 245 Å². The fourth-order valence-electron chi connectivity index (χ4n) is 4.89. The number of thioether (sulfide) groups is 1. The minimum atomic E-state index is -3.83. The molecule has 2 aromatic carbocycles. The number of rotatable bonds is 7. The lowest BCUT2D eigenvalue weighted by Crippen LogP contribution is -2.38. The molecule has 0 saturated heterocycles. The SMILES string of the molecule is Cc1cccc(C2C(C#N)=C(N)N(c3nnc(SCC(=O)Nc4ccc(S(N)(=O)=O)cc4)s3)C3=C2C(=O)CCC3)c1. The summed E-state index contributed by atoms with van der Waals surface area (Å²) in [5.41, 5.74) is 10.4. The number of amides is 1. The molecule has 0 bridgehead atoms. The maximum atomic E-state index is 13.3. The zero-order valence-electron chi connectivity index (χ0n) is 21.8. The summed E-state index contributed by atoms with van der Waals surface area (Å²) in [6.07, 6.45) is 1.64. The molecule has 1 atom stereocenters. The Morgan fingerprint density at radius 1 is 1.22 bits per heavy atom. The minimum Gasteiger partial charge on any atom is -0.384 e. The van der Waals surface area contributed by atoms with Gasteiger partial charge in [0.2, 0.25) is 21.1 Å². The summed E-state index contributed by atoms with van der Waals surface area (Å²) in [6, 6.07) is 15.5. The van der Waals surface area contributed by atoms with E-state index in [0.29, 0.717) is 40.0 Å². The molecule has 0 radical (unpaired) electrons. The Bertz CT molecular complexity index is 1760. The topological polar surface area (TPSA) is 185 Å². The van der Waals surface area contributed by atoms with Gasteiger partial charge in [0.05, 0.1) is 28.2 Å². The third-order valence-corrected chi connectivity index (χ3v) is 9.64. The van der Waals surface area contributed by atoms with Gasteiger partial charge in [0, 0.05) is 23.4 Å². The van der Waals surface area contributed by atoms with E-state index in [9.17, 15) is 23.3 Å². The summed E-state index contributed by atoms with van der Waals surface area (Å²) in [7, 11) is -3.83. The molecule has 1 unspecified atom stereocenters. The molecule has 11 nitrogen and oxygen atoms in total. The van der Waals surface area contributed by atoms with Crippen LogP contribution in [0.4, 0.5) is 10.8 Å². The Hall–Kier alpha value is -4.03. The molecule has 210 valence electrons. The van der Waals surface area contributed by atoms with Crippen molar-refractivity contribution in [3.05, 3.63) is 82.3 Å². The lowest BCUT2D eigenvalue weighted by atomic mass is 9.75. The molecule has 41 heavy (non-hydrogen) atoms. The molecule has 14 heteroatoms. The Kier molecular flexibility index (Phi) is 7.96. The molecule has 5 rings (SSSR count). The van der Waals surface area contributed by atoms with E-state index < -0.39 is 15.9 Å². The Morgan fingerprint density at radius 2 is 1.98 bits per heavy atom. The van der Waals surface area contributed by atoms with Gasteiger partial charge in [-0.1, -0.05) is 52.9 Å². The highest BCUT2D eigenvalue weighted by Crippen LogP contribution is 2.47. The molecular weight excluding hydrogens is 583 g/mol. The van der Waals surface area contributed by atoms with Crippen LogP contribution in [0, 0.1) is 18.3 Å². The van der Waals surface area contributed by atoms with Crippen molar-refractivity contribution in [2.24, 2.45) is 10.9 Å². The number of nitriles is 1. The van der Waals surface area contributed by atoms with Crippen molar-refractivity contribution in [1.29, 1.82) is 5.26 Å². The van der Waals surface area contributed by atoms with E-state index in [0.717, 1.165) is 28.6 Å². The van der Waals surface area contributed by atoms with E-state index in [1.54, 1.807) is 4.90 Å². The van der Waals surface area contributed by atoms with Crippen LogP contribution in [0.1, 0.15) is 36.3 Å². The number of carbonyl (C=O) groups excluding carboxylic acids is 2. The molecule has 1 amide bonds. The number of carbonyl (C=O) groups is 2. The summed E-state index contributed by atoms with van der Waals surface area (Å²) in [5, 5.41) is 26.8. The lowest BCUT2D eigenvalue weighted by molar-refractivity contribution is -0.116. The summed E-state index contributed by atoms with van der Waals surface area (Å²) in [6.45, 7) is 1.96. The highest BCUT2D eigenvalue weighted by molar-refractivity contribution is 8.01. The number of ketones is 1. The molecule has 2 aliphatic rings. The summed E-state index contributed by atoms with van der Waals surface area (Å²) in [4.78, 5) is 27.4. The maximum Gasteiger partial charge on any atom is 0.238 e. The predicted molar refractivity (Wildman–Crippen MR) is 156 cm³/mol. The number of nitrogens with zero attached hydrogens (tertiary/aromatic N) is 4. The van der Waals surface area contributed by atoms with Crippen LogP contribution < -0.4 is 21.1 Å². The standard InChI is InChI=1S/C27H25N7O4S3/c1-15-4-2-5-16(12-15)23-19(13-28)25(29)34(20-6-3-7-21(35)24(20)23)26-32-33-27(40-26)39-14-22(36)31-17-8-10-18(11-9-17)41(30,37)38/h2,4-5,8-12,23H,3,6-7,14,29H2,1H3,(H,31,36)(H2,30,37,38). The van der Waals surface area contributed by atoms with Crippen LogP contribution in [0.5, 0.6) is 0 Å². The average Bonchev–Trinajstić information content (AvgIpc) is 3.39. The Morgan fingerprint density at radius 3 is 2.66 bits per heavy atom. The highest BCUT2D eigenvalue weighted by atomic mass is 32.2. The van der Waals surface area contributed by atoms with Crippen LogP contribution in [0.2, 0.25) is 0 Å². The van der Waals surface area contributed by atoms with Crippen LogP contribution in [0.3, 0.4) is 0 Å². The first-order chi connectivity index (χ1) is 19.6. The lowest BCUT2D eigenvalue weighted by Gasteiger charge is -2.38. The van der Waals surface area contributed by atoms with Gasteiger partial charge in [0.25, 0.3) is 0 Å². The van der Waals surface area contributed by atoms with Gasteiger partial charge in [0.1, 0.15) is 5.82 Å². The van der Waals surface area contributed by atoms with E-state index in [1.807, 2.05) is 31.2 Å². The van der Waals surface area contributed by atoms with E-state index in [1.165, 1.54) is 35.6 Å². The number of aromatic nitrogens is 2. The van der Waals surface area contributed by atoms with E-state index in [4.69, 9.17) is 10.9 Å². The second-order valence-corrected chi connectivity index (χ2v) is 13.2. The number of sulfonamides is 1. The van der Waals surface area contributed by atoms with Crippen LogP contribution >= 0.6 is 23.1 Å². The van der Waals surface area contributed by atoms with Gasteiger partial charge in [-0.3, -0.25) is 14.5 Å². The van der Waals surface area contributed by atoms with Crippen molar-refractivity contribution in [2.75, 3.05) is 16.0 Å². The highest BCUT2D eigenvalue weighted by Gasteiger charge is 2.41. The molecule has 2 heterocycles. The first kappa shape index (κ1) is 28.5. The van der Waals surface area contributed by atoms with Crippen molar-refractivity contribution >= 4 is 55.6 Å². The number of benzene rings is 2. The summed E-state index contributed by atoms with van der Waals surface area (Å²) < 4.78 is 23.3. The van der Waals surface area contributed by atoms with Gasteiger partial charge >= 0.3 is 0 Å². The van der Waals surface area contributed by atoms with Crippen LogP contribution in [0.15, 0.2) is 80.4 Å². The number of nitrogens with two attached hydrogens (primary N) is 2. The molecule has 0 saturated carbocycles. The average molecular weight is 608 g/mol. The zero-order valence-corrected chi connectivity index (χ0v) is 24.3. The number of allylic oxidation sites excluding steroid dienone is 3. The first-order valence-electron chi connectivity index (χ1n) is 12.5. The van der Waals surface area contributed by atoms with Gasteiger partial charge < -0.3 is 11.1 Å². The first-order valence-corrected chi connectivity index (χ1v) is 15.8. The van der Waals surface area contributed by atoms with Gasteiger partial charge in [-0.2, -0.15) is 5.26 Å². The van der Waals surface area contributed by atoms with Gasteiger partial charge in [-0.05, 0) is 49.6 Å². The molecule has 1 aromatic heterocycles. The maximum absolute atomic E-state index is 13.3. The summed E-state index contributed by atoms with van der Waals surface area (Å²) >= 11 is 2.36. The quantitative estimate of drug-likeness (QED) is 0.336. The minimum absolute atomic E-state index is 0.0161. The monoisotopic (exact) mass is 607 g/mol. The number of Topliss-reactive ketones (excluding diaryl/α,β-unsaturated/α-hetero) is 1. The van der Waals surface area contributed by atoms with Crippen molar-refractivity contribution in [2.45, 2.75) is 41.3 Å². The molecule has 0 fully saturated rings. The molecule has 5 N–H and O–H groups in total. The van der Waals surface area contributed by atoms with E-state index in [2.05, 4.69) is 21.6 Å². The molecule has 1 aliphatic heterocycles. The number of hydrogen-bond acceptors (Lipinski definition) is 11. The Balaban J connectivity index is 1.37. The van der Waals surface area contributed by atoms with Crippen LogP contribution in [-0.4, -0.2) is 36.1 Å². The molecule has 1 aliphatic carbocycles. The van der Waals surface area contributed by atoms with Crippen molar-refractivity contribution in [3.63, 3.8) is 0 Å². The second-order valence-electron chi connectivity index (χ2n) is 9.49.